The van der Waals surface area contributed by atoms with Gasteiger partial charge in [-0.15, -0.1) is 0 Å². The van der Waals surface area contributed by atoms with Gasteiger partial charge in [0.1, 0.15) is 0 Å². The Kier molecular flexibility index (Phi) is 5.62. The van der Waals surface area contributed by atoms with Gasteiger partial charge in [-0.2, -0.15) is 0 Å². The van der Waals surface area contributed by atoms with Crippen LogP contribution in [-0.4, -0.2) is 24.8 Å². The highest BCUT2D eigenvalue weighted by Gasteiger charge is 2.28. The maximum absolute atomic E-state index is 5.21. The Balaban J connectivity index is 2.18. The highest BCUT2D eigenvalue weighted by Crippen LogP contribution is 2.21. The molecular weight excluding hydrogens is 186 g/mol. The van der Waals surface area contributed by atoms with Crippen molar-refractivity contribution in [1.29, 1.82) is 0 Å². The molecule has 2 nitrogen and oxygen atoms in total. The zero-order valence-electron chi connectivity index (χ0n) is 10.6. The largest absolute Gasteiger partial charge is 0.378 e. The fraction of sp³-hybridized carbons (Fsp3) is 1.00. The van der Waals surface area contributed by atoms with E-state index in [4.69, 9.17) is 4.74 Å². The second-order valence-corrected chi connectivity index (χ2v) is 5.10. The summed E-state index contributed by atoms with van der Waals surface area (Å²) < 4.78 is 5.21. The average molecular weight is 213 g/mol. The molecule has 0 radical (unpaired) electrons. The lowest BCUT2D eigenvalue weighted by molar-refractivity contribution is -0.0196. The molecule has 0 spiro atoms. The standard InChI is InChI=1S/C13H27NO/c1-4-6-7-8-9-13(3,5-2)14-12-10-15-11-12/h12,14H,4-11H2,1-3H3. The van der Waals surface area contributed by atoms with Gasteiger partial charge in [-0.3, -0.25) is 0 Å². The number of nitrogens with one attached hydrogen (secondary N) is 1. The van der Waals surface area contributed by atoms with Gasteiger partial charge in [0.2, 0.25) is 0 Å². The quantitative estimate of drug-likeness (QED) is 0.626. The first kappa shape index (κ1) is 13.0. The van der Waals surface area contributed by atoms with Gasteiger partial charge in [-0.25, -0.2) is 0 Å². The summed E-state index contributed by atoms with van der Waals surface area (Å²) in [5.41, 5.74) is 0.336. The van der Waals surface area contributed by atoms with Crippen LogP contribution in [0.5, 0.6) is 0 Å². The Bertz CT molecular complexity index is 168. The number of unbranched alkanes of at least 4 members (excludes halogenated alkanes) is 3. The van der Waals surface area contributed by atoms with Crippen LogP contribution in [0.1, 0.15) is 59.3 Å². The molecule has 1 fully saturated rings. The summed E-state index contributed by atoms with van der Waals surface area (Å²) in [5.74, 6) is 0. The molecule has 0 aromatic carbocycles. The minimum absolute atomic E-state index is 0.336. The van der Waals surface area contributed by atoms with Crippen LogP contribution >= 0.6 is 0 Å². The lowest BCUT2D eigenvalue weighted by atomic mass is 9.90. The Morgan fingerprint density at radius 3 is 2.40 bits per heavy atom. The van der Waals surface area contributed by atoms with Crippen LogP contribution in [0.2, 0.25) is 0 Å². The summed E-state index contributed by atoms with van der Waals surface area (Å²) in [6.45, 7) is 8.72. The maximum Gasteiger partial charge on any atom is 0.0643 e. The van der Waals surface area contributed by atoms with Crippen molar-refractivity contribution in [3.05, 3.63) is 0 Å². The minimum Gasteiger partial charge on any atom is -0.378 e. The molecule has 1 atom stereocenters. The fourth-order valence-electron chi connectivity index (χ4n) is 2.10. The van der Waals surface area contributed by atoms with Crippen molar-refractivity contribution < 1.29 is 4.74 Å². The lowest BCUT2D eigenvalue weighted by Gasteiger charge is -2.38. The van der Waals surface area contributed by atoms with Gasteiger partial charge in [-0.05, 0) is 19.8 Å². The van der Waals surface area contributed by atoms with Crippen molar-refractivity contribution >= 4 is 0 Å². The maximum atomic E-state index is 5.21. The van der Waals surface area contributed by atoms with Crippen LogP contribution in [0.15, 0.2) is 0 Å². The molecule has 90 valence electrons. The summed E-state index contributed by atoms with van der Waals surface area (Å²) in [7, 11) is 0. The van der Waals surface area contributed by atoms with E-state index in [0.29, 0.717) is 11.6 Å². The fourth-order valence-corrected chi connectivity index (χ4v) is 2.10. The summed E-state index contributed by atoms with van der Waals surface area (Å²) >= 11 is 0. The SMILES string of the molecule is CCCCCCC(C)(CC)NC1COC1. The first-order valence-corrected chi connectivity index (χ1v) is 6.55. The van der Waals surface area contributed by atoms with Gasteiger partial charge < -0.3 is 10.1 Å². The summed E-state index contributed by atoms with van der Waals surface area (Å²) in [4.78, 5) is 0. The van der Waals surface area contributed by atoms with E-state index < -0.39 is 0 Å². The zero-order valence-corrected chi connectivity index (χ0v) is 10.6. The van der Waals surface area contributed by atoms with Gasteiger partial charge in [0.25, 0.3) is 0 Å². The second kappa shape index (κ2) is 6.49. The Hall–Kier alpha value is -0.0800. The highest BCUT2D eigenvalue weighted by atomic mass is 16.5. The molecule has 1 unspecified atom stereocenters. The Morgan fingerprint density at radius 1 is 1.20 bits per heavy atom. The van der Waals surface area contributed by atoms with Gasteiger partial charge in [-0.1, -0.05) is 39.5 Å². The third kappa shape index (κ3) is 4.52. The van der Waals surface area contributed by atoms with Crippen LogP contribution < -0.4 is 5.32 Å². The second-order valence-electron chi connectivity index (χ2n) is 5.10. The van der Waals surface area contributed by atoms with E-state index in [-0.39, 0.29) is 0 Å². The number of rotatable bonds is 8. The molecule has 1 N–H and O–H groups in total. The molecule has 0 aromatic rings. The molecule has 1 aliphatic rings. The normalized spacial score (nSPS) is 21.0. The molecule has 15 heavy (non-hydrogen) atoms. The van der Waals surface area contributed by atoms with Crippen LogP contribution in [0.3, 0.4) is 0 Å². The third-order valence-corrected chi connectivity index (χ3v) is 3.55. The molecule has 0 saturated carbocycles. The van der Waals surface area contributed by atoms with Crippen LogP contribution in [0.25, 0.3) is 0 Å². The Morgan fingerprint density at radius 2 is 1.93 bits per heavy atom. The average Bonchev–Trinajstić information content (AvgIpc) is 2.19. The van der Waals surface area contributed by atoms with E-state index in [2.05, 4.69) is 26.1 Å². The van der Waals surface area contributed by atoms with E-state index in [1.165, 1.54) is 38.5 Å². The monoisotopic (exact) mass is 213 g/mol. The van der Waals surface area contributed by atoms with Gasteiger partial charge in [0.15, 0.2) is 0 Å². The molecule has 0 aromatic heterocycles. The molecule has 0 amide bonds. The molecule has 1 saturated heterocycles. The third-order valence-electron chi connectivity index (χ3n) is 3.55. The zero-order chi connectivity index (χ0) is 11.1. The molecule has 1 rings (SSSR count). The minimum atomic E-state index is 0.336. The Labute approximate surface area is 94.8 Å². The smallest absolute Gasteiger partial charge is 0.0643 e. The van der Waals surface area contributed by atoms with E-state index in [9.17, 15) is 0 Å². The van der Waals surface area contributed by atoms with Crippen molar-refractivity contribution in [2.75, 3.05) is 13.2 Å². The summed E-state index contributed by atoms with van der Waals surface area (Å²) in [5, 5.41) is 3.73. The first-order chi connectivity index (χ1) is 7.20. The van der Waals surface area contributed by atoms with E-state index in [1.54, 1.807) is 0 Å². The van der Waals surface area contributed by atoms with Crippen molar-refractivity contribution in [2.45, 2.75) is 70.9 Å². The van der Waals surface area contributed by atoms with Crippen LogP contribution in [0.4, 0.5) is 0 Å². The predicted molar refractivity (Wildman–Crippen MR) is 65.2 cm³/mol. The van der Waals surface area contributed by atoms with Gasteiger partial charge in [0.05, 0.1) is 19.3 Å². The van der Waals surface area contributed by atoms with Crippen molar-refractivity contribution in [2.24, 2.45) is 0 Å². The topological polar surface area (TPSA) is 21.3 Å². The molecule has 1 aliphatic heterocycles. The summed E-state index contributed by atoms with van der Waals surface area (Å²) in [6.07, 6.45) is 7.97. The molecule has 0 bridgehead atoms. The van der Waals surface area contributed by atoms with Crippen LogP contribution in [0, 0.1) is 0 Å². The molecule has 1 heterocycles. The number of ether oxygens (including phenoxy) is 1. The number of hydrogen-bond acceptors (Lipinski definition) is 2. The van der Waals surface area contributed by atoms with E-state index in [0.717, 1.165) is 13.2 Å². The highest BCUT2D eigenvalue weighted by molar-refractivity contribution is 4.87. The van der Waals surface area contributed by atoms with Gasteiger partial charge in [0, 0.05) is 5.54 Å². The van der Waals surface area contributed by atoms with Crippen molar-refractivity contribution in [1.82, 2.24) is 5.32 Å². The lowest BCUT2D eigenvalue weighted by Crippen LogP contribution is -2.55. The molecule has 0 aliphatic carbocycles. The van der Waals surface area contributed by atoms with Gasteiger partial charge >= 0.3 is 0 Å². The summed E-state index contributed by atoms with van der Waals surface area (Å²) in [6, 6.07) is 0.612. The molecular formula is C13H27NO. The van der Waals surface area contributed by atoms with E-state index in [1.807, 2.05) is 0 Å². The van der Waals surface area contributed by atoms with Crippen molar-refractivity contribution in [3.63, 3.8) is 0 Å². The molecule has 2 heteroatoms. The first-order valence-electron chi connectivity index (χ1n) is 6.55. The van der Waals surface area contributed by atoms with Crippen LogP contribution in [-0.2, 0) is 4.74 Å². The van der Waals surface area contributed by atoms with E-state index >= 15 is 0 Å². The predicted octanol–water partition coefficient (Wildman–Crippen LogP) is 3.11. The van der Waals surface area contributed by atoms with Crippen molar-refractivity contribution in [3.8, 4) is 0 Å². The number of hydrogen-bond donors (Lipinski definition) is 1.